The summed E-state index contributed by atoms with van der Waals surface area (Å²) in [6.45, 7) is 4.71. The summed E-state index contributed by atoms with van der Waals surface area (Å²) in [6.07, 6.45) is 2.02. The van der Waals surface area contributed by atoms with Gasteiger partial charge >= 0.3 is 0 Å². The van der Waals surface area contributed by atoms with Gasteiger partial charge in [-0.3, -0.25) is 0 Å². The van der Waals surface area contributed by atoms with E-state index in [2.05, 4.69) is 5.16 Å². The molecule has 0 saturated heterocycles. The van der Waals surface area contributed by atoms with Crippen LogP contribution < -0.4 is 0 Å². The Labute approximate surface area is 72.7 Å². The van der Waals surface area contributed by atoms with Gasteiger partial charge in [-0.25, -0.2) is 0 Å². The fourth-order valence-corrected chi connectivity index (χ4v) is 1.25. The van der Waals surface area contributed by atoms with Crippen LogP contribution in [-0.4, -0.2) is 18.9 Å². The smallest absolute Gasteiger partial charge is 0.137 e. The number of rotatable bonds is 4. The molecule has 3 heteroatoms. The minimum absolute atomic E-state index is 0.796. The summed E-state index contributed by atoms with van der Waals surface area (Å²) in [6, 6.07) is 0. The quantitative estimate of drug-likeness (QED) is 0.645. The van der Waals surface area contributed by atoms with Crippen LogP contribution in [0.4, 0.5) is 0 Å². The molecule has 0 unspecified atom stereocenters. The molecule has 1 heterocycles. The molecule has 68 valence electrons. The van der Waals surface area contributed by atoms with E-state index in [1.165, 1.54) is 5.56 Å². The molecule has 0 aliphatic heterocycles. The molecule has 1 aromatic rings. The Balaban J connectivity index is 2.50. The third kappa shape index (κ3) is 2.08. The zero-order chi connectivity index (χ0) is 8.97. The van der Waals surface area contributed by atoms with Crippen molar-refractivity contribution < 1.29 is 9.26 Å². The number of methoxy groups -OCH3 is 1. The van der Waals surface area contributed by atoms with E-state index >= 15 is 0 Å². The standard InChI is InChI=1S/C9H15NO2/c1-7-9(5-4-6-11-3)8(2)12-10-7/h4-6H2,1-3H3. The average molecular weight is 169 g/mol. The first-order chi connectivity index (χ1) is 5.75. The molecule has 0 N–H and O–H groups in total. The molecule has 0 amide bonds. The molecule has 3 nitrogen and oxygen atoms in total. The second-order valence-electron chi connectivity index (χ2n) is 2.90. The Bertz CT molecular complexity index is 223. The van der Waals surface area contributed by atoms with Gasteiger partial charge in [-0.15, -0.1) is 0 Å². The Morgan fingerprint density at radius 2 is 2.17 bits per heavy atom. The molecule has 1 aromatic heterocycles. The zero-order valence-electron chi connectivity index (χ0n) is 7.89. The van der Waals surface area contributed by atoms with Crippen molar-refractivity contribution in [2.45, 2.75) is 26.7 Å². The second kappa shape index (κ2) is 4.26. The lowest BCUT2D eigenvalue weighted by atomic mass is 10.1. The summed E-state index contributed by atoms with van der Waals surface area (Å²) in [4.78, 5) is 0. The minimum Gasteiger partial charge on any atom is -0.385 e. The predicted octanol–water partition coefficient (Wildman–Crippen LogP) is 1.87. The average Bonchev–Trinajstić information content (AvgIpc) is 2.35. The van der Waals surface area contributed by atoms with Crippen molar-refractivity contribution in [2.75, 3.05) is 13.7 Å². The van der Waals surface area contributed by atoms with Gasteiger partial charge in [0.25, 0.3) is 0 Å². The van der Waals surface area contributed by atoms with Gasteiger partial charge in [0.2, 0.25) is 0 Å². The molecular formula is C9H15NO2. The number of hydrogen-bond donors (Lipinski definition) is 0. The van der Waals surface area contributed by atoms with Crippen molar-refractivity contribution in [1.82, 2.24) is 5.16 Å². The Kier molecular flexibility index (Phi) is 3.29. The lowest BCUT2D eigenvalue weighted by Gasteiger charge is -1.98. The second-order valence-corrected chi connectivity index (χ2v) is 2.90. The van der Waals surface area contributed by atoms with Crippen LogP contribution in [0.5, 0.6) is 0 Å². The van der Waals surface area contributed by atoms with Gasteiger partial charge in [0.05, 0.1) is 5.69 Å². The number of nitrogens with zero attached hydrogens (tertiary/aromatic N) is 1. The van der Waals surface area contributed by atoms with Crippen LogP contribution in [-0.2, 0) is 11.2 Å². The number of ether oxygens (including phenoxy) is 1. The van der Waals surface area contributed by atoms with Gasteiger partial charge in [-0.2, -0.15) is 0 Å². The SMILES string of the molecule is COCCCc1c(C)noc1C. The maximum atomic E-state index is 5.04. The molecular weight excluding hydrogens is 154 g/mol. The monoisotopic (exact) mass is 169 g/mol. The lowest BCUT2D eigenvalue weighted by molar-refractivity contribution is 0.195. The largest absolute Gasteiger partial charge is 0.385 e. The number of aryl methyl sites for hydroxylation is 2. The molecule has 0 bridgehead atoms. The van der Waals surface area contributed by atoms with Crippen molar-refractivity contribution in [3.05, 3.63) is 17.0 Å². The van der Waals surface area contributed by atoms with Crippen LogP contribution in [0, 0.1) is 13.8 Å². The predicted molar refractivity (Wildman–Crippen MR) is 46.2 cm³/mol. The highest BCUT2D eigenvalue weighted by molar-refractivity contribution is 5.20. The third-order valence-corrected chi connectivity index (χ3v) is 1.96. The summed E-state index contributed by atoms with van der Waals surface area (Å²) >= 11 is 0. The summed E-state index contributed by atoms with van der Waals surface area (Å²) in [5.41, 5.74) is 2.23. The fourth-order valence-electron chi connectivity index (χ4n) is 1.25. The van der Waals surface area contributed by atoms with Crippen molar-refractivity contribution in [2.24, 2.45) is 0 Å². The first-order valence-corrected chi connectivity index (χ1v) is 4.16. The van der Waals surface area contributed by atoms with Gasteiger partial charge in [0, 0.05) is 19.3 Å². The highest BCUT2D eigenvalue weighted by atomic mass is 16.5. The molecule has 0 aliphatic rings. The molecule has 12 heavy (non-hydrogen) atoms. The Morgan fingerprint density at radius 3 is 2.67 bits per heavy atom. The molecule has 0 aromatic carbocycles. The molecule has 0 atom stereocenters. The first kappa shape index (κ1) is 9.26. The molecule has 0 aliphatic carbocycles. The topological polar surface area (TPSA) is 35.3 Å². The highest BCUT2D eigenvalue weighted by Gasteiger charge is 2.07. The maximum Gasteiger partial charge on any atom is 0.137 e. The number of aromatic nitrogens is 1. The normalized spacial score (nSPS) is 10.6. The van der Waals surface area contributed by atoms with Gasteiger partial charge in [0.1, 0.15) is 5.76 Å². The molecule has 0 radical (unpaired) electrons. The summed E-state index contributed by atoms with van der Waals surface area (Å²) in [5.74, 6) is 0.934. The Hall–Kier alpha value is -0.830. The van der Waals surface area contributed by atoms with Crippen LogP contribution in [0.25, 0.3) is 0 Å². The first-order valence-electron chi connectivity index (χ1n) is 4.16. The van der Waals surface area contributed by atoms with E-state index in [9.17, 15) is 0 Å². The third-order valence-electron chi connectivity index (χ3n) is 1.96. The van der Waals surface area contributed by atoms with E-state index in [1.54, 1.807) is 7.11 Å². The molecule has 0 fully saturated rings. The number of hydrogen-bond acceptors (Lipinski definition) is 3. The van der Waals surface area contributed by atoms with E-state index in [0.29, 0.717) is 0 Å². The van der Waals surface area contributed by atoms with Crippen LogP contribution in [0.2, 0.25) is 0 Å². The van der Waals surface area contributed by atoms with Crippen LogP contribution in [0.3, 0.4) is 0 Å². The maximum absolute atomic E-state index is 5.04. The van der Waals surface area contributed by atoms with Gasteiger partial charge in [0.15, 0.2) is 0 Å². The van der Waals surface area contributed by atoms with Crippen LogP contribution in [0.1, 0.15) is 23.4 Å². The van der Waals surface area contributed by atoms with Crippen LogP contribution in [0.15, 0.2) is 4.52 Å². The van der Waals surface area contributed by atoms with Crippen LogP contribution >= 0.6 is 0 Å². The van der Waals surface area contributed by atoms with Gasteiger partial charge in [-0.05, 0) is 26.7 Å². The minimum atomic E-state index is 0.796. The summed E-state index contributed by atoms with van der Waals surface area (Å²) in [5, 5.41) is 3.88. The summed E-state index contributed by atoms with van der Waals surface area (Å²) < 4.78 is 10.0. The van der Waals surface area contributed by atoms with Gasteiger partial charge in [-0.1, -0.05) is 5.16 Å². The fraction of sp³-hybridized carbons (Fsp3) is 0.667. The highest BCUT2D eigenvalue weighted by Crippen LogP contribution is 2.13. The van der Waals surface area contributed by atoms with E-state index < -0.39 is 0 Å². The summed E-state index contributed by atoms with van der Waals surface area (Å²) in [7, 11) is 1.72. The zero-order valence-corrected chi connectivity index (χ0v) is 7.89. The van der Waals surface area contributed by atoms with E-state index in [4.69, 9.17) is 9.26 Å². The van der Waals surface area contributed by atoms with Crippen molar-refractivity contribution in [3.8, 4) is 0 Å². The van der Waals surface area contributed by atoms with E-state index in [0.717, 1.165) is 30.9 Å². The van der Waals surface area contributed by atoms with Gasteiger partial charge < -0.3 is 9.26 Å². The van der Waals surface area contributed by atoms with Crippen molar-refractivity contribution >= 4 is 0 Å². The van der Waals surface area contributed by atoms with Crippen molar-refractivity contribution in [3.63, 3.8) is 0 Å². The van der Waals surface area contributed by atoms with Crippen molar-refractivity contribution in [1.29, 1.82) is 0 Å². The van der Waals surface area contributed by atoms with E-state index in [-0.39, 0.29) is 0 Å². The molecule has 1 rings (SSSR count). The van der Waals surface area contributed by atoms with E-state index in [1.807, 2.05) is 13.8 Å². The Morgan fingerprint density at radius 1 is 1.42 bits per heavy atom. The lowest BCUT2D eigenvalue weighted by Crippen LogP contribution is -1.94. The molecule has 0 saturated carbocycles. The molecule has 0 spiro atoms.